The normalized spacial score (nSPS) is 19.1. The first-order chi connectivity index (χ1) is 11.0. The molecule has 0 bridgehead atoms. The van der Waals surface area contributed by atoms with Crippen molar-refractivity contribution in [3.63, 3.8) is 0 Å². The van der Waals surface area contributed by atoms with E-state index in [0.29, 0.717) is 16.9 Å². The number of benzene rings is 2. The molecule has 0 radical (unpaired) electrons. The van der Waals surface area contributed by atoms with Gasteiger partial charge in [0.1, 0.15) is 0 Å². The number of nitrogens with zero attached hydrogens (tertiary/aromatic N) is 1. The van der Waals surface area contributed by atoms with Crippen molar-refractivity contribution in [2.75, 3.05) is 20.7 Å². The Labute approximate surface area is 134 Å². The highest BCUT2D eigenvalue weighted by Crippen LogP contribution is 2.55. The van der Waals surface area contributed by atoms with E-state index in [1.54, 1.807) is 6.07 Å². The van der Waals surface area contributed by atoms with Crippen molar-refractivity contribution in [3.8, 4) is 34.1 Å². The van der Waals surface area contributed by atoms with E-state index in [1.807, 2.05) is 6.07 Å². The predicted octanol–water partition coefficient (Wildman–Crippen LogP) is 2.56. The number of fused-ring (bicyclic) bond motifs is 2. The number of likely N-dealkylation sites (N-methyl/N-ethyl adjacent to an activating group) is 1. The minimum absolute atomic E-state index is 0.0696. The molecule has 0 spiro atoms. The van der Waals surface area contributed by atoms with Crippen LogP contribution < -0.4 is 4.74 Å². The van der Waals surface area contributed by atoms with Gasteiger partial charge in [0.2, 0.25) is 0 Å². The summed E-state index contributed by atoms with van der Waals surface area (Å²) in [5.74, 6) is 0.108. The van der Waals surface area contributed by atoms with E-state index >= 15 is 0 Å². The Morgan fingerprint density at radius 1 is 1.09 bits per heavy atom. The van der Waals surface area contributed by atoms with Crippen LogP contribution in [0.2, 0.25) is 0 Å². The van der Waals surface area contributed by atoms with Crippen molar-refractivity contribution >= 4 is 0 Å². The zero-order valence-corrected chi connectivity index (χ0v) is 13.1. The second-order valence-electron chi connectivity index (χ2n) is 6.29. The summed E-state index contributed by atoms with van der Waals surface area (Å²) in [6.45, 7) is 0.919. The molecule has 120 valence electrons. The number of ether oxygens (including phenoxy) is 1. The molecule has 2 aromatic rings. The second kappa shape index (κ2) is 4.80. The summed E-state index contributed by atoms with van der Waals surface area (Å²) in [6, 6.07) is 5.29. The molecule has 0 saturated carbocycles. The first-order valence-corrected chi connectivity index (χ1v) is 7.70. The highest BCUT2D eigenvalue weighted by atomic mass is 16.5. The van der Waals surface area contributed by atoms with Crippen molar-refractivity contribution in [2.24, 2.45) is 0 Å². The molecular formula is C18H19NO4. The Balaban J connectivity index is 2.14. The topological polar surface area (TPSA) is 73.2 Å². The van der Waals surface area contributed by atoms with Gasteiger partial charge in [0, 0.05) is 23.7 Å². The number of phenols is 3. The van der Waals surface area contributed by atoms with Gasteiger partial charge in [0.25, 0.3) is 0 Å². The third kappa shape index (κ3) is 1.83. The van der Waals surface area contributed by atoms with Crippen LogP contribution in [0.25, 0.3) is 11.1 Å². The number of rotatable bonds is 1. The zero-order valence-electron chi connectivity index (χ0n) is 13.1. The van der Waals surface area contributed by atoms with E-state index in [9.17, 15) is 15.3 Å². The van der Waals surface area contributed by atoms with Crippen LogP contribution >= 0.6 is 0 Å². The molecule has 5 nitrogen and oxygen atoms in total. The SMILES string of the molecule is COc1c(O)cc2c3c1-c1c(ccc(O)c1O)C[C@H]3N(C)CC2. The van der Waals surface area contributed by atoms with Crippen LogP contribution in [0.1, 0.15) is 22.7 Å². The van der Waals surface area contributed by atoms with Crippen molar-refractivity contribution in [1.29, 1.82) is 0 Å². The Kier molecular flexibility index (Phi) is 2.96. The molecule has 0 unspecified atom stereocenters. The molecule has 0 saturated heterocycles. The summed E-state index contributed by atoms with van der Waals surface area (Å²) in [6.07, 6.45) is 1.59. The van der Waals surface area contributed by atoms with E-state index in [2.05, 4.69) is 11.9 Å². The second-order valence-corrected chi connectivity index (χ2v) is 6.29. The molecular weight excluding hydrogens is 294 g/mol. The zero-order chi connectivity index (χ0) is 16.3. The van der Waals surface area contributed by atoms with Gasteiger partial charge in [-0.05, 0) is 48.7 Å². The predicted molar refractivity (Wildman–Crippen MR) is 86.2 cm³/mol. The monoisotopic (exact) mass is 313 g/mol. The number of hydrogen-bond donors (Lipinski definition) is 3. The quantitative estimate of drug-likeness (QED) is 0.706. The molecule has 1 heterocycles. The van der Waals surface area contributed by atoms with Crippen molar-refractivity contribution < 1.29 is 20.1 Å². The molecule has 2 aliphatic rings. The summed E-state index contributed by atoms with van der Waals surface area (Å²) in [5, 5.41) is 30.7. The van der Waals surface area contributed by atoms with Crippen LogP contribution in [0.4, 0.5) is 0 Å². The Bertz CT molecular complexity index is 815. The summed E-state index contributed by atoms with van der Waals surface area (Å²) < 4.78 is 5.44. The molecule has 5 heteroatoms. The summed E-state index contributed by atoms with van der Waals surface area (Å²) >= 11 is 0. The minimum atomic E-state index is -0.162. The molecule has 1 atom stereocenters. The molecule has 1 aliphatic heterocycles. The fourth-order valence-corrected chi connectivity index (χ4v) is 3.97. The lowest BCUT2D eigenvalue weighted by molar-refractivity contribution is 0.226. The van der Waals surface area contributed by atoms with Gasteiger partial charge in [0.05, 0.1) is 7.11 Å². The van der Waals surface area contributed by atoms with Gasteiger partial charge in [0.15, 0.2) is 23.0 Å². The molecule has 0 aromatic heterocycles. The van der Waals surface area contributed by atoms with Gasteiger partial charge in [-0.15, -0.1) is 0 Å². The third-order valence-corrected chi connectivity index (χ3v) is 5.10. The van der Waals surface area contributed by atoms with Crippen LogP contribution in [0.5, 0.6) is 23.0 Å². The smallest absolute Gasteiger partial charge is 0.168 e. The van der Waals surface area contributed by atoms with Gasteiger partial charge in [-0.1, -0.05) is 6.07 Å². The van der Waals surface area contributed by atoms with Crippen LogP contribution in [0.3, 0.4) is 0 Å². The highest BCUT2D eigenvalue weighted by molar-refractivity contribution is 5.88. The van der Waals surface area contributed by atoms with Crippen molar-refractivity contribution in [3.05, 3.63) is 34.9 Å². The van der Waals surface area contributed by atoms with E-state index in [1.165, 1.54) is 13.2 Å². The number of hydrogen-bond acceptors (Lipinski definition) is 5. The average Bonchev–Trinajstić information content (AvgIpc) is 2.54. The van der Waals surface area contributed by atoms with Crippen molar-refractivity contribution in [2.45, 2.75) is 18.9 Å². The van der Waals surface area contributed by atoms with Gasteiger partial charge in [-0.2, -0.15) is 0 Å². The van der Waals surface area contributed by atoms with Crippen molar-refractivity contribution in [1.82, 2.24) is 4.90 Å². The summed E-state index contributed by atoms with van der Waals surface area (Å²) in [5.41, 5.74) is 4.38. The van der Waals surface area contributed by atoms with Crippen LogP contribution in [-0.2, 0) is 12.8 Å². The number of methoxy groups -OCH3 is 1. The molecule has 23 heavy (non-hydrogen) atoms. The summed E-state index contributed by atoms with van der Waals surface area (Å²) in [7, 11) is 3.59. The average molecular weight is 313 g/mol. The summed E-state index contributed by atoms with van der Waals surface area (Å²) in [4.78, 5) is 2.29. The van der Waals surface area contributed by atoms with Gasteiger partial charge >= 0.3 is 0 Å². The standard InChI is InChI=1S/C18H19NO4/c1-19-6-5-10-8-13(21)18(23-2)16-14(10)11(19)7-9-3-4-12(20)17(22)15(9)16/h3-4,8,11,20-22H,5-7H2,1-2H3/t11-/m1/s1. The van der Waals surface area contributed by atoms with Gasteiger partial charge in [-0.25, -0.2) is 0 Å². The largest absolute Gasteiger partial charge is 0.504 e. The third-order valence-electron chi connectivity index (χ3n) is 5.10. The highest BCUT2D eigenvalue weighted by Gasteiger charge is 2.37. The maximum atomic E-state index is 10.4. The fourth-order valence-electron chi connectivity index (χ4n) is 3.97. The maximum Gasteiger partial charge on any atom is 0.168 e. The van der Waals surface area contributed by atoms with E-state index in [4.69, 9.17) is 4.74 Å². The number of aromatic hydroxyl groups is 3. The molecule has 3 N–H and O–H groups in total. The first-order valence-electron chi connectivity index (χ1n) is 7.70. The molecule has 4 rings (SSSR count). The lowest BCUT2D eigenvalue weighted by Gasteiger charge is -2.40. The van der Waals surface area contributed by atoms with E-state index in [0.717, 1.165) is 36.1 Å². The van der Waals surface area contributed by atoms with Crippen LogP contribution in [-0.4, -0.2) is 40.9 Å². The van der Waals surface area contributed by atoms with E-state index in [-0.39, 0.29) is 23.3 Å². The lowest BCUT2D eigenvalue weighted by atomic mass is 9.76. The number of phenolic OH excluding ortho intramolecular Hbond substituents is 3. The van der Waals surface area contributed by atoms with Gasteiger partial charge < -0.3 is 20.1 Å². The van der Waals surface area contributed by atoms with Crippen LogP contribution in [0.15, 0.2) is 18.2 Å². The van der Waals surface area contributed by atoms with Gasteiger partial charge in [-0.3, -0.25) is 4.90 Å². The molecule has 0 amide bonds. The Morgan fingerprint density at radius 2 is 1.87 bits per heavy atom. The maximum absolute atomic E-state index is 10.4. The Morgan fingerprint density at radius 3 is 2.61 bits per heavy atom. The molecule has 2 aromatic carbocycles. The minimum Gasteiger partial charge on any atom is -0.504 e. The molecule has 0 fully saturated rings. The molecule has 1 aliphatic carbocycles. The van der Waals surface area contributed by atoms with Crippen LogP contribution in [0, 0.1) is 0 Å². The Hall–Kier alpha value is -2.40. The van der Waals surface area contributed by atoms with E-state index < -0.39 is 0 Å². The fraction of sp³-hybridized carbons (Fsp3) is 0.333. The lowest BCUT2D eigenvalue weighted by Crippen LogP contribution is -2.35. The first kappa shape index (κ1) is 14.2.